The van der Waals surface area contributed by atoms with Crippen LogP contribution in [0.2, 0.25) is 0 Å². The minimum absolute atomic E-state index is 0.501. The van der Waals surface area contributed by atoms with Crippen LogP contribution in [0.5, 0.6) is 0 Å². The van der Waals surface area contributed by atoms with E-state index in [1.165, 1.54) is 51.4 Å². The van der Waals surface area contributed by atoms with Gasteiger partial charge in [0.15, 0.2) is 0 Å². The van der Waals surface area contributed by atoms with Crippen LogP contribution in [0.15, 0.2) is 0 Å². The van der Waals surface area contributed by atoms with E-state index < -0.39 is 11.8 Å². The van der Waals surface area contributed by atoms with Crippen molar-refractivity contribution in [2.75, 3.05) is 13.1 Å². The standard InChI is InChI=1S/C17H34N2O2/c1-3-5-6-7-8-9-10-11-12-13-15-19-17(21)16(20)18-14-4-2/h3-15H2,1-2H3,(H,18,20)(H,19,21). The Kier molecular flexibility index (Phi) is 14.6. The van der Waals surface area contributed by atoms with Gasteiger partial charge in [-0.3, -0.25) is 9.59 Å². The molecule has 0 spiro atoms. The largest absolute Gasteiger partial charge is 0.348 e. The first-order valence-electron chi connectivity index (χ1n) is 8.78. The van der Waals surface area contributed by atoms with E-state index in [0.29, 0.717) is 13.1 Å². The number of carbonyl (C=O) groups excluding carboxylic acids is 2. The van der Waals surface area contributed by atoms with Crippen molar-refractivity contribution >= 4 is 11.8 Å². The third-order valence-electron chi connectivity index (χ3n) is 3.56. The molecule has 0 aliphatic carbocycles. The Morgan fingerprint density at radius 2 is 1.00 bits per heavy atom. The van der Waals surface area contributed by atoms with E-state index in [-0.39, 0.29) is 0 Å². The van der Waals surface area contributed by atoms with Gasteiger partial charge in [-0.05, 0) is 12.8 Å². The molecule has 4 heteroatoms. The quantitative estimate of drug-likeness (QED) is 0.403. The Balaban J connectivity index is 3.24. The highest BCUT2D eigenvalue weighted by molar-refractivity contribution is 6.35. The van der Waals surface area contributed by atoms with Gasteiger partial charge in [0.25, 0.3) is 0 Å². The molecule has 0 unspecified atom stereocenters. The van der Waals surface area contributed by atoms with Crippen molar-refractivity contribution in [2.45, 2.75) is 84.5 Å². The first-order chi connectivity index (χ1) is 10.2. The van der Waals surface area contributed by atoms with Gasteiger partial charge >= 0.3 is 11.8 Å². The molecule has 0 aliphatic heterocycles. The number of hydrogen-bond donors (Lipinski definition) is 2. The molecule has 2 amide bonds. The summed E-state index contributed by atoms with van der Waals surface area (Å²) in [6.45, 7) is 5.37. The molecule has 0 aliphatic rings. The van der Waals surface area contributed by atoms with Crippen molar-refractivity contribution in [1.82, 2.24) is 10.6 Å². The van der Waals surface area contributed by atoms with Crippen LogP contribution in [0.4, 0.5) is 0 Å². The fraction of sp³-hybridized carbons (Fsp3) is 0.882. The zero-order valence-corrected chi connectivity index (χ0v) is 14.0. The van der Waals surface area contributed by atoms with Crippen molar-refractivity contribution in [3.8, 4) is 0 Å². The topological polar surface area (TPSA) is 58.2 Å². The van der Waals surface area contributed by atoms with Crippen molar-refractivity contribution in [3.63, 3.8) is 0 Å². The summed E-state index contributed by atoms with van der Waals surface area (Å²) in [5.41, 5.74) is 0. The van der Waals surface area contributed by atoms with Crippen molar-refractivity contribution < 1.29 is 9.59 Å². The summed E-state index contributed by atoms with van der Waals surface area (Å²) >= 11 is 0. The van der Waals surface area contributed by atoms with Crippen LogP contribution < -0.4 is 10.6 Å². The molecule has 0 radical (unpaired) electrons. The number of amides is 2. The van der Waals surface area contributed by atoms with Gasteiger partial charge in [-0.25, -0.2) is 0 Å². The third-order valence-corrected chi connectivity index (χ3v) is 3.56. The molecule has 21 heavy (non-hydrogen) atoms. The Morgan fingerprint density at radius 1 is 0.571 bits per heavy atom. The minimum atomic E-state index is -0.510. The molecule has 4 nitrogen and oxygen atoms in total. The molecule has 0 saturated heterocycles. The van der Waals surface area contributed by atoms with Gasteiger partial charge in [0.2, 0.25) is 0 Å². The van der Waals surface area contributed by atoms with Crippen LogP contribution in [0.3, 0.4) is 0 Å². The molecule has 0 atom stereocenters. The summed E-state index contributed by atoms with van der Waals surface area (Å²) in [6, 6.07) is 0. The molecule has 0 heterocycles. The van der Waals surface area contributed by atoms with Gasteiger partial charge < -0.3 is 10.6 Å². The molecule has 0 aromatic carbocycles. The zero-order valence-electron chi connectivity index (χ0n) is 14.0. The highest BCUT2D eigenvalue weighted by atomic mass is 16.2. The van der Waals surface area contributed by atoms with E-state index in [2.05, 4.69) is 17.6 Å². The Morgan fingerprint density at radius 3 is 1.48 bits per heavy atom. The maximum Gasteiger partial charge on any atom is 0.309 e. The van der Waals surface area contributed by atoms with Crippen molar-refractivity contribution in [1.29, 1.82) is 0 Å². The van der Waals surface area contributed by atoms with Gasteiger partial charge in [0, 0.05) is 13.1 Å². The predicted molar refractivity (Wildman–Crippen MR) is 88.2 cm³/mol. The summed E-state index contributed by atoms with van der Waals surface area (Å²) in [6.07, 6.45) is 13.6. The van der Waals surface area contributed by atoms with Crippen LogP contribution in [-0.2, 0) is 9.59 Å². The lowest BCUT2D eigenvalue weighted by atomic mass is 10.1. The summed E-state index contributed by atoms with van der Waals surface area (Å²) in [5.74, 6) is -1.01. The summed E-state index contributed by atoms with van der Waals surface area (Å²) < 4.78 is 0. The van der Waals surface area contributed by atoms with Gasteiger partial charge in [-0.15, -0.1) is 0 Å². The Bertz CT molecular complexity index is 268. The van der Waals surface area contributed by atoms with Gasteiger partial charge in [0.05, 0.1) is 0 Å². The van der Waals surface area contributed by atoms with Crippen molar-refractivity contribution in [2.24, 2.45) is 0 Å². The summed E-state index contributed by atoms with van der Waals surface area (Å²) in [7, 11) is 0. The predicted octanol–water partition coefficient (Wildman–Crippen LogP) is 3.55. The second-order valence-electron chi connectivity index (χ2n) is 5.69. The average molecular weight is 298 g/mol. The van der Waals surface area contributed by atoms with E-state index in [1.807, 2.05) is 6.92 Å². The highest BCUT2D eigenvalue weighted by Gasteiger charge is 2.10. The molecule has 0 aromatic heterocycles. The molecular weight excluding hydrogens is 264 g/mol. The maximum atomic E-state index is 11.4. The van der Waals surface area contributed by atoms with Crippen LogP contribution in [0.1, 0.15) is 84.5 Å². The molecule has 0 aromatic rings. The lowest BCUT2D eigenvalue weighted by Crippen LogP contribution is -2.40. The van der Waals surface area contributed by atoms with Crippen LogP contribution >= 0.6 is 0 Å². The van der Waals surface area contributed by atoms with Crippen molar-refractivity contribution in [3.05, 3.63) is 0 Å². The average Bonchev–Trinajstić information content (AvgIpc) is 2.49. The number of rotatable bonds is 13. The monoisotopic (exact) mass is 298 g/mol. The van der Waals surface area contributed by atoms with E-state index in [4.69, 9.17) is 0 Å². The number of nitrogens with one attached hydrogen (secondary N) is 2. The fourth-order valence-corrected chi connectivity index (χ4v) is 2.21. The second-order valence-corrected chi connectivity index (χ2v) is 5.69. The minimum Gasteiger partial charge on any atom is -0.348 e. The summed E-state index contributed by atoms with van der Waals surface area (Å²) in [4.78, 5) is 22.7. The Labute approximate surface area is 130 Å². The van der Waals surface area contributed by atoms with E-state index in [9.17, 15) is 9.59 Å². The molecule has 0 fully saturated rings. The number of hydrogen-bond acceptors (Lipinski definition) is 2. The van der Waals surface area contributed by atoms with E-state index in [1.54, 1.807) is 0 Å². The molecule has 0 rings (SSSR count). The van der Waals surface area contributed by atoms with Crippen LogP contribution in [0, 0.1) is 0 Å². The molecular formula is C17H34N2O2. The van der Waals surface area contributed by atoms with Crippen LogP contribution in [0.25, 0.3) is 0 Å². The second kappa shape index (κ2) is 15.3. The number of unbranched alkanes of at least 4 members (excludes halogenated alkanes) is 9. The van der Waals surface area contributed by atoms with Crippen LogP contribution in [-0.4, -0.2) is 24.9 Å². The summed E-state index contributed by atoms with van der Waals surface area (Å²) in [5, 5.41) is 5.24. The maximum absolute atomic E-state index is 11.4. The van der Waals surface area contributed by atoms with E-state index >= 15 is 0 Å². The third kappa shape index (κ3) is 13.7. The first kappa shape index (κ1) is 19.9. The normalized spacial score (nSPS) is 10.4. The highest BCUT2D eigenvalue weighted by Crippen LogP contribution is 2.10. The lowest BCUT2D eigenvalue weighted by Gasteiger charge is -2.05. The molecule has 0 saturated carbocycles. The smallest absolute Gasteiger partial charge is 0.309 e. The first-order valence-corrected chi connectivity index (χ1v) is 8.78. The lowest BCUT2D eigenvalue weighted by molar-refractivity contribution is -0.139. The Hall–Kier alpha value is -1.06. The zero-order chi connectivity index (χ0) is 15.8. The van der Waals surface area contributed by atoms with Gasteiger partial charge in [-0.1, -0.05) is 71.6 Å². The van der Waals surface area contributed by atoms with Gasteiger partial charge in [-0.2, -0.15) is 0 Å². The SMILES string of the molecule is CCCCCCCCCCCCNC(=O)C(=O)NCCC. The molecule has 2 N–H and O–H groups in total. The molecule has 0 bridgehead atoms. The van der Waals surface area contributed by atoms with E-state index in [0.717, 1.165) is 19.3 Å². The fourth-order valence-electron chi connectivity index (χ4n) is 2.21. The van der Waals surface area contributed by atoms with Gasteiger partial charge in [0.1, 0.15) is 0 Å². The molecule has 124 valence electrons. The number of carbonyl (C=O) groups is 2.